The summed E-state index contributed by atoms with van der Waals surface area (Å²) < 4.78 is 2.00. The van der Waals surface area contributed by atoms with E-state index in [0.717, 1.165) is 22.6 Å². The van der Waals surface area contributed by atoms with Gasteiger partial charge in [-0.1, -0.05) is 70.2 Å². The molecule has 2 heterocycles. The van der Waals surface area contributed by atoms with Crippen molar-refractivity contribution in [3.63, 3.8) is 0 Å². The zero-order valence-electron chi connectivity index (χ0n) is 18.6. The molecule has 0 radical (unpaired) electrons. The largest absolute Gasteiger partial charge is 0.491 e. The predicted molar refractivity (Wildman–Crippen MR) is 123 cm³/mol. The first kappa shape index (κ1) is 21.5. The van der Waals surface area contributed by atoms with Gasteiger partial charge in [-0.05, 0) is 28.7 Å². The van der Waals surface area contributed by atoms with Gasteiger partial charge in [0, 0.05) is 12.5 Å². The highest BCUT2D eigenvalue weighted by atomic mass is 16.4. The number of aromatic carboxylic acids is 1. The van der Waals surface area contributed by atoms with Crippen LogP contribution in [0.2, 0.25) is 0 Å². The Hall–Kier alpha value is -3.74. The molecular weight excluding hydrogens is 404 g/mol. The third-order valence-electron chi connectivity index (χ3n) is 5.53. The van der Waals surface area contributed by atoms with E-state index in [1.807, 2.05) is 54.8 Å². The van der Waals surface area contributed by atoms with Crippen LogP contribution in [0.25, 0.3) is 22.2 Å². The molecule has 2 aromatic carbocycles. The number of benzene rings is 2. The first-order chi connectivity index (χ1) is 15.3. The fraction of sp³-hybridized carbons (Fsp3) is 0.280. The molecule has 0 saturated heterocycles. The zero-order valence-corrected chi connectivity index (χ0v) is 18.6. The van der Waals surface area contributed by atoms with E-state index in [9.17, 15) is 15.0 Å². The van der Waals surface area contributed by atoms with Crippen molar-refractivity contribution in [2.75, 3.05) is 0 Å². The molecule has 0 bridgehead atoms. The average molecular weight is 431 g/mol. The number of carboxylic acid groups (broad SMARTS) is 1. The normalized spacial score (nSPS) is 11.6. The van der Waals surface area contributed by atoms with Gasteiger partial charge in [-0.3, -0.25) is 0 Å². The number of fused-ring (bicyclic) bond motifs is 1. The molecule has 0 unspecified atom stereocenters. The van der Waals surface area contributed by atoms with Gasteiger partial charge in [-0.25, -0.2) is 9.78 Å². The standard InChI is InChI=1S/C25H26N4O3/c1-14(2)20-21-22(24(30)28-27-20)29(23(26-21)15(3)4)13-16-9-11-17(12-10-16)18-7-5-6-8-19(18)25(31)32/h5-12,14-15H,13H2,1-4H3,(H,28,30)(H,31,32). The molecule has 0 amide bonds. The van der Waals surface area contributed by atoms with E-state index in [2.05, 4.69) is 24.0 Å². The van der Waals surface area contributed by atoms with Crippen LogP contribution in [0.4, 0.5) is 0 Å². The first-order valence-corrected chi connectivity index (χ1v) is 10.6. The molecule has 0 aliphatic carbocycles. The maximum Gasteiger partial charge on any atom is 0.336 e. The zero-order chi connectivity index (χ0) is 23.0. The molecule has 2 N–H and O–H groups in total. The van der Waals surface area contributed by atoms with Gasteiger partial charge in [0.2, 0.25) is 0 Å². The number of hydrogen-bond donors (Lipinski definition) is 2. The Kier molecular flexibility index (Phi) is 5.65. The van der Waals surface area contributed by atoms with E-state index >= 15 is 0 Å². The highest BCUT2D eigenvalue weighted by Crippen LogP contribution is 2.32. The minimum atomic E-state index is -0.950. The minimum Gasteiger partial charge on any atom is -0.491 e. The fourth-order valence-corrected chi connectivity index (χ4v) is 3.95. The van der Waals surface area contributed by atoms with Crippen molar-refractivity contribution in [2.45, 2.75) is 46.1 Å². The van der Waals surface area contributed by atoms with Crippen LogP contribution in [0.3, 0.4) is 0 Å². The molecule has 7 nitrogen and oxygen atoms in total. The highest BCUT2D eigenvalue weighted by molar-refractivity contribution is 5.96. The number of rotatable bonds is 6. The van der Waals surface area contributed by atoms with E-state index in [0.29, 0.717) is 23.1 Å². The Bertz CT molecular complexity index is 1290. The van der Waals surface area contributed by atoms with E-state index in [-0.39, 0.29) is 23.3 Å². The summed E-state index contributed by atoms with van der Waals surface area (Å²) in [4.78, 5) is 16.4. The van der Waals surface area contributed by atoms with Gasteiger partial charge >= 0.3 is 5.97 Å². The molecule has 0 spiro atoms. The molecular formula is C25H26N4O3. The quantitative estimate of drug-likeness (QED) is 0.436. The van der Waals surface area contributed by atoms with Crippen molar-refractivity contribution in [3.05, 3.63) is 71.2 Å². The lowest BCUT2D eigenvalue weighted by Gasteiger charge is -2.13. The van der Waals surface area contributed by atoms with Gasteiger partial charge in [0.25, 0.3) is 5.88 Å². The van der Waals surface area contributed by atoms with Crippen molar-refractivity contribution >= 4 is 17.0 Å². The first-order valence-electron chi connectivity index (χ1n) is 10.6. The predicted octanol–water partition coefficient (Wildman–Crippen LogP) is 5.19. The van der Waals surface area contributed by atoms with E-state index in [4.69, 9.17) is 4.98 Å². The monoisotopic (exact) mass is 430 g/mol. The number of aromatic hydroxyl groups is 1. The molecule has 0 saturated carbocycles. The Morgan fingerprint density at radius 1 is 0.969 bits per heavy atom. The Labute approximate surface area is 186 Å². The molecule has 0 aliphatic heterocycles. The molecule has 0 atom stereocenters. The van der Waals surface area contributed by atoms with Crippen molar-refractivity contribution < 1.29 is 15.0 Å². The summed E-state index contributed by atoms with van der Waals surface area (Å²) in [5.41, 5.74) is 4.83. The van der Waals surface area contributed by atoms with Gasteiger partial charge in [0.1, 0.15) is 16.9 Å². The summed E-state index contributed by atoms with van der Waals surface area (Å²) in [5, 5.41) is 28.1. The average Bonchev–Trinajstić information content (AvgIpc) is 3.14. The highest BCUT2D eigenvalue weighted by Gasteiger charge is 2.22. The van der Waals surface area contributed by atoms with Crippen LogP contribution in [-0.4, -0.2) is 35.9 Å². The summed E-state index contributed by atoms with van der Waals surface area (Å²) in [7, 11) is 0. The minimum absolute atomic E-state index is 0.127. The Morgan fingerprint density at radius 2 is 1.66 bits per heavy atom. The molecule has 0 aliphatic rings. The van der Waals surface area contributed by atoms with Gasteiger partial charge in [-0.15, -0.1) is 10.2 Å². The summed E-state index contributed by atoms with van der Waals surface area (Å²) in [5.74, 6) is 0.0443. The van der Waals surface area contributed by atoms with Crippen LogP contribution in [0.1, 0.15) is 67.0 Å². The lowest BCUT2D eigenvalue weighted by atomic mass is 9.98. The van der Waals surface area contributed by atoms with Crippen molar-refractivity contribution in [1.82, 2.24) is 19.7 Å². The second kappa shape index (κ2) is 8.42. The van der Waals surface area contributed by atoms with Gasteiger partial charge in [0.15, 0.2) is 0 Å². The van der Waals surface area contributed by atoms with Crippen LogP contribution < -0.4 is 0 Å². The molecule has 0 fully saturated rings. The van der Waals surface area contributed by atoms with Crippen molar-refractivity contribution in [3.8, 4) is 17.0 Å². The second-order valence-electron chi connectivity index (χ2n) is 8.52. The fourth-order valence-electron chi connectivity index (χ4n) is 3.95. The lowest BCUT2D eigenvalue weighted by molar-refractivity contribution is 0.0697. The summed E-state index contributed by atoms with van der Waals surface area (Å²) in [6.07, 6.45) is 0. The lowest BCUT2D eigenvalue weighted by Crippen LogP contribution is -2.07. The molecule has 4 aromatic rings. The van der Waals surface area contributed by atoms with Crippen LogP contribution in [-0.2, 0) is 6.54 Å². The Morgan fingerprint density at radius 3 is 2.28 bits per heavy atom. The number of imidazole rings is 1. The number of carbonyl (C=O) groups is 1. The molecule has 4 rings (SSSR count). The third kappa shape index (κ3) is 3.82. The Balaban J connectivity index is 1.77. The summed E-state index contributed by atoms with van der Waals surface area (Å²) in [6.45, 7) is 8.69. The van der Waals surface area contributed by atoms with Crippen molar-refractivity contribution in [2.24, 2.45) is 0 Å². The van der Waals surface area contributed by atoms with E-state index in [1.165, 1.54) is 0 Å². The van der Waals surface area contributed by atoms with Crippen LogP contribution in [0.15, 0.2) is 48.5 Å². The molecule has 164 valence electrons. The van der Waals surface area contributed by atoms with Gasteiger partial charge < -0.3 is 14.8 Å². The maximum absolute atomic E-state index is 11.6. The van der Waals surface area contributed by atoms with Gasteiger partial charge in [-0.2, -0.15) is 0 Å². The molecule has 32 heavy (non-hydrogen) atoms. The van der Waals surface area contributed by atoms with Crippen molar-refractivity contribution in [1.29, 1.82) is 0 Å². The number of nitrogens with zero attached hydrogens (tertiary/aromatic N) is 4. The summed E-state index contributed by atoms with van der Waals surface area (Å²) >= 11 is 0. The number of hydrogen-bond acceptors (Lipinski definition) is 5. The molecule has 7 heteroatoms. The SMILES string of the molecule is CC(C)c1nnc(O)c2c1nc(C(C)C)n2Cc1ccc(-c2ccccc2C(=O)O)cc1. The van der Waals surface area contributed by atoms with Crippen LogP contribution in [0.5, 0.6) is 5.88 Å². The van der Waals surface area contributed by atoms with Crippen LogP contribution in [0, 0.1) is 0 Å². The molecule has 2 aromatic heterocycles. The topological polar surface area (TPSA) is 101 Å². The van der Waals surface area contributed by atoms with Gasteiger partial charge in [0.05, 0.1) is 11.3 Å². The third-order valence-corrected chi connectivity index (χ3v) is 5.53. The number of carboxylic acids is 1. The summed E-state index contributed by atoms with van der Waals surface area (Å²) in [6, 6.07) is 14.8. The number of aromatic nitrogens is 4. The second-order valence-corrected chi connectivity index (χ2v) is 8.52. The van der Waals surface area contributed by atoms with E-state index < -0.39 is 5.97 Å². The maximum atomic E-state index is 11.6. The van der Waals surface area contributed by atoms with Crippen LogP contribution >= 0.6 is 0 Å². The smallest absolute Gasteiger partial charge is 0.336 e. The van der Waals surface area contributed by atoms with E-state index in [1.54, 1.807) is 12.1 Å².